The maximum atomic E-state index is 11.9. The molecule has 7 nitrogen and oxygen atoms in total. The Hall–Kier alpha value is -2.44. The Labute approximate surface area is 128 Å². The third kappa shape index (κ3) is 2.22. The van der Waals surface area contributed by atoms with Crippen LogP contribution in [0.5, 0.6) is 0 Å². The van der Waals surface area contributed by atoms with Gasteiger partial charge in [-0.1, -0.05) is 0 Å². The highest BCUT2D eigenvalue weighted by molar-refractivity contribution is 5.44. The van der Waals surface area contributed by atoms with Crippen LogP contribution < -0.4 is 15.4 Å². The predicted octanol–water partition coefficient (Wildman–Crippen LogP) is 0.441. The summed E-state index contributed by atoms with van der Waals surface area (Å²) in [6.45, 7) is 5.69. The molecule has 2 aliphatic rings. The standard InChI is InChI=1S/C15H18N6O/c1-10-4-13(19-9-18-10)20-5-11-7-21(8-12(11)6-20)14-15(22)17-3-2-16-14/h2-4,9,11-12H,5-8H2,1H3,(H,17,22). The lowest BCUT2D eigenvalue weighted by molar-refractivity contribution is 0.533. The van der Waals surface area contributed by atoms with E-state index in [1.54, 1.807) is 18.7 Å². The molecule has 2 fully saturated rings. The molecule has 4 heterocycles. The Morgan fingerprint density at radius 2 is 1.82 bits per heavy atom. The molecule has 4 rings (SSSR count). The molecule has 0 aromatic carbocycles. The molecule has 2 atom stereocenters. The van der Waals surface area contributed by atoms with Crippen molar-refractivity contribution in [2.24, 2.45) is 11.8 Å². The number of rotatable bonds is 2. The highest BCUT2D eigenvalue weighted by atomic mass is 16.1. The minimum atomic E-state index is -0.106. The zero-order chi connectivity index (χ0) is 15.1. The second-order valence-electron chi connectivity index (χ2n) is 6.09. The minimum absolute atomic E-state index is 0.106. The van der Waals surface area contributed by atoms with Crippen LogP contribution in [0.15, 0.2) is 29.6 Å². The second-order valence-corrected chi connectivity index (χ2v) is 6.09. The molecule has 0 amide bonds. The van der Waals surface area contributed by atoms with Crippen LogP contribution in [0.25, 0.3) is 0 Å². The third-order valence-electron chi connectivity index (χ3n) is 4.59. The predicted molar refractivity (Wildman–Crippen MR) is 83.0 cm³/mol. The van der Waals surface area contributed by atoms with E-state index < -0.39 is 0 Å². The van der Waals surface area contributed by atoms with Crippen molar-refractivity contribution in [3.63, 3.8) is 0 Å². The van der Waals surface area contributed by atoms with Crippen LogP contribution in [0, 0.1) is 18.8 Å². The van der Waals surface area contributed by atoms with Crippen molar-refractivity contribution in [3.8, 4) is 0 Å². The first-order valence-corrected chi connectivity index (χ1v) is 7.53. The van der Waals surface area contributed by atoms with Crippen LogP contribution >= 0.6 is 0 Å². The zero-order valence-electron chi connectivity index (χ0n) is 12.4. The van der Waals surface area contributed by atoms with E-state index in [2.05, 4.69) is 29.7 Å². The molecule has 114 valence electrons. The lowest BCUT2D eigenvalue weighted by Crippen LogP contribution is -2.32. The number of aromatic amines is 1. The number of hydrogen-bond donors (Lipinski definition) is 1. The van der Waals surface area contributed by atoms with Gasteiger partial charge in [0.2, 0.25) is 0 Å². The van der Waals surface area contributed by atoms with Crippen molar-refractivity contribution >= 4 is 11.6 Å². The van der Waals surface area contributed by atoms with Gasteiger partial charge in [-0.15, -0.1) is 0 Å². The molecule has 0 bridgehead atoms. The van der Waals surface area contributed by atoms with Crippen LogP contribution in [-0.2, 0) is 0 Å². The molecule has 0 radical (unpaired) electrons. The average molecular weight is 298 g/mol. The fraction of sp³-hybridized carbons (Fsp3) is 0.467. The van der Waals surface area contributed by atoms with E-state index in [1.165, 1.54) is 0 Å². The van der Waals surface area contributed by atoms with Crippen molar-refractivity contribution in [1.82, 2.24) is 19.9 Å². The molecule has 2 aromatic rings. The maximum Gasteiger partial charge on any atom is 0.290 e. The lowest BCUT2D eigenvalue weighted by atomic mass is 10.0. The molecule has 0 saturated carbocycles. The first kappa shape index (κ1) is 13.2. The Morgan fingerprint density at radius 3 is 2.50 bits per heavy atom. The number of hydrogen-bond acceptors (Lipinski definition) is 6. The summed E-state index contributed by atoms with van der Waals surface area (Å²) in [5.41, 5.74) is 0.884. The van der Waals surface area contributed by atoms with Gasteiger partial charge >= 0.3 is 0 Å². The normalized spacial score (nSPS) is 23.9. The van der Waals surface area contributed by atoms with Crippen LogP contribution in [0.2, 0.25) is 0 Å². The van der Waals surface area contributed by atoms with E-state index in [9.17, 15) is 4.79 Å². The molecule has 0 spiro atoms. The maximum absolute atomic E-state index is 11.9. The van der Waals surface area contributed by atoms with Crippen LogP contribution in [0.3, 0.4) is 0 Å². The highest BCUT2D eigenvalue weighted by Crippen LogP contribution is 2.34. The largest absolute Gasteiger partial charge is 0.356 e. The molecule has 2 unspecified atom stereocenters. The summed E-state index contributed by atoms with van der Waals surface area (Å²) >= 11 is 0. The topological polar surface area (TPSA) is 78.0 Å². The van der Waals surface area contributed by atoms with Gasteiger partial charge in [0, 0.05) is 62.2 Å². The summed E-state index contributed by atoms with van der Waals surface area (Å²) in [4.78, 5) is 31.7. The number of aryl methyl sites for hydroxylation is 1. The van der Waals surface area contributed by atoms with E-state index >= 15 is 0 Å². The van der Waals surface area contributed by atoms with Crippen molar-refractivity contribution in [3.05, 3.63) is 40.8 Å². The fourth-order valence-corrected chi connectivity index (χ4v) is 3.54. The van der Waals surface area contributed by atoms with Gasteiger partial charge in [0.15, 0.2) is 5.82 Å². The van der Waals surface area contributed by atoms with Crippen molar-refractivity contribution in [1.29, 1.82) is 0 Å². The monoisotopic (exact) mass is 298 g/mol. The summed E-state index contributed by atoms with van der Waals surface area (Å²) in [5.74, 6) is 2.65. The van der Waals surface area contributed by atoms with Gasteiger partial charge in [0.05, 0.1) is 0 Å². The number of nitrogens with one attached hydrogen (secondary N) is 1. The average Bonchev–Trinajstić information content (AvgIpc) is 3.06. The number of anilines is 2. The molecule has 2 aliphatic heterocycles. The first-order valence-electron chi connectivity index (χ1n) is 7.53. The van der Waals surface area contributed by atoms with Crippen LogP contribution in [-0.4, -0.2) is 46.1 Å². The Kier molecular flexibility index (Phi) is 3.06. The van der Waals surface area contributed by atoms with Gasteiger partial charge in [0.1, 0.15) is 12.1 Å². The number of fused-ring (bicyclic) bond motifs is 1. The van der Waals surface area contributed by atoms with Crippen LogP contribution in [0.4, 0.5) is 11.6 Å². The van der Waals surface area contributed by atoms with Crippen LogP contribution in [0.1, 0.15) is 5.69 Å². The summed E-state index contributed by atoms with van der Waals surface area (Å²) in [6.07, 6.45) is 4.83. The van der Waals surface area contributed by atoms with Gasteiger partial charge in [-0.3, -0.25) is 4.79 Å². The van der Waals surface area contributed by atoms with Gasteiger partial charge in [-0.25, -0.2) is 15.0 Å². The third-order valence-corrected chi connectivity index (χ3v) is 4.59. The van der Waals surface area contributed by atoms with E-state index in [-0.39, 0.29) is 5.56 Å². The molecule has 2 saturated heterocycles. The zero-order valence-corrected chi connectivity index (χ0v) is 12.4. The molecular formula is C15H18N6O. The summed E-state index contributed by atoms with van der Waals surface area (Å²) in [5, 5.41) is 0. The summed E-state index contributed by atoms with van der Waals surface area (Å²) in [6, 6.07) is 2.03. The fourth-order valence-electron chi connectivity index (χ4n) is 3.54. The molecule has 7 heteroatoms. The van der Waals surface area contributed by atoms with Crippen molar-refractivity contribution in [2.75, 3.05) is 36.0 Å². The van der Waals surface area contributed by atoms with Gasteiger partial charge in [-0.05, 0) is 6.92 Å². The van der Waals surface area contributed by atoms with E-state index in [1.807, 2.05) is 13.0 Å². The van der Waals surface area contributed by atoms with E-state index in [0.29, 0.717) is 17.7 Å². The molecular weight excluding hydrogens is 280 g/mol. The van der Waals surface area contributed by atoms with Gasteiger partial charge in [-0.2, -0.15) is 0 Å². The minimum Gasteiger partial charge on any atom is -0.356 e. The Bertz CT molecular complexity index is 731. The quantitative estimate of drug-likeness (QED) is 0.867. The van der Waals surface area contributed by atoms with E-state index in [4.69, 9.17) is 0 Å². The number of nitrogens with zero attached hydrogens (tertiary/aromatic N) is 5. The lowest BCUT2D eigenvalue weighted by Gasteiger charge is -2.22. The molecule has 0 aliphatic carbocycles. The Balaban J connectivity index is 1.49. The van der Waals surface area contributed by atoms with Gasteiger partial charge in [0.25, 0.3) is 5.56 Å². The SMILES string of the molecule is Cc1cc(N2CC3CN(c4ncc[nH]c4=O)CC3C2)ncn1. The highest BCUT2D eigenvalue weighted by Gasteiger charge is 2.41. The molecule has 22 heavy (non-hydrogen) atoms. The summed E-state index contributed by atoms with van der Waals surface area (Å²) in [7, 11) is 0. The first-order chi connectivity index (χ1) is 10.7. The summed E-state index contributed by atoms with van der Waals surface area (Å²) < 4.78 is 0. The number of aromatic nitrogens is 4. The second kappa shape index (κ2) is 5.08. The van der Waals surface area contributed by atoms with E-state index in [0.717, 1.165) is 37.7 Å². The number of H-pyrrole nitrogens is 1. The molecule has 2 aromatic heterocycles. The van der Waals surface area contributed by atoms with Crippen molar-refractivity contribution < 1.29 is 0 Å². The smallest absolute Gasteiger partial charge is 0.290 e. The van der Waals surface area contributed by atoms with Gasteiger partial charge < -0.3 is 14.8 Å². The Morgan fingerprint density at radius 1 is 1.09 bits per heavy atom. The van der Waals surface area contributed by atoms with Crippen molar-refractivity contribution in [2.45, 2.75) is 6.92 Å². The molecule has 1 N–H and O–H groups in total.